The van der Waals surface area contributed by atoms with Crippen molar-refractivity contribution in [1.29, 1.82) is 0 Å². The Hall–Kier alpha value is -1.73. The lowest BCUT2D eigenvalue weighted by atomic mass is 10.2. The first-order valence-corrected chi connectivity index (χ1v) is 9.40. The molecule has 0 radical (unpaired) electrons. The van der Waals surface area contributed by atoms with Crippen molar-refractivity contribution in [3.05, 3.63) is 36.0 Å². The lowest BCUT2D eigenvalue weighted by molar-refractivity contribution is 0.250. The van der Waals surface area contributed by atoms with E-state index in [9.17, 15) is 9.00 Å². The summed E-state index contributed by atoms with van der Waals surface area (Å²) in [7, 11) is -0.939. The van der Waals surface area contributed by atoms with Crippen LogP contribution in [0.5, 0.6) is 0 Å². The molecule has 7 heteroatoms. The first kappa shape index (κ1) is 16.6. The number of hydrogen-bond donors (Lipinski definition) is 2. The van der Waals surface area contributed by atoms with Gasteiger partial charge >= 0.3 is 6.03 Å². The molecule has 1 heterocycles. The minimum Gasteiger partial charge on any atom is -0.334 e. The van der Waals surface area contributed by atoms with E-state index in [1.165, 1.54) is 11.3 Å². The summed E-state index contributed by atoms with van der Waals surface area (Å²) in [5.41, 5.74) is 1.97. The van der Waals surface area contributed by atoms with Crippen molar-refractivity contribution < 1.29 is 9.00 Å². The van der Waals surface area contributed by atoms with E-state index < -0.39 is 10.8 Å². The summed E-state index contributed by atoms with van der Waals surface area (Å²) >= 11 is 1.44. The number of carbonyl (C=O) groups excluding carboxylic acids is 1. The van der Waals surface area contributed by atoms with Gasteiger partial charge in [0.2, 0.25) is 0 Å². The molecule has 22 heavy (non-hydrogen) atoms. The van der Waals surface area contributed by atoms with Crippen LogP contribution in [0.2, 0.25) is 0 Å². The molecule has 118 valence electrons. The minimum atomic E-state index is -0.939. The van der Waals surface area contributed by atoms with Gasteiger partial charge in [-0.25, -0.2) is 9.78 Å². The highest BCUT2D eigenvalue weighted by Gasteiger charge is 2.13. The highest BCUT2D eigenvalue weighted by Crippen LogP contribution is 2.32. The van der Waals surface area contributed by atoms with Gasteiger partial charge in [-0.2, -0.15) is 0 Å². The Bertz CT molecular complexity index is 671. The van der Waals surface area contributed by atoms with Crippen LogP contribution in [-0.2, 0) is 10.8 Å². The Morgan fingerprint density at radius 1 is 1.36 bits per heavy atom. The fourth-order valence-corrected chi connectivity index (χ4v) is 3.81. The molecule has 1 aromatic heterocycles. The van der Waals surface area contributed by atoms with Crippen molar-refractivity contribution in [3.63, 3.8) is 0 Å². The molecule has 2 aromatic rings. The number of nitrogens with zero attached hydrogens (tertiary/aromatic N) is 1. The average Bonchev–Trinajstić information content (AvgIpc) is 2.79. The first-order chi connectivity index (χ1) is 10.5. The quantitative estimate of drug-likeness (QED) is 0.881. The smallest absolute Gasteiger partial charge is 0.321 e. The zero-order valence-electron chi connectivity index (χ0n) is 12.8. The van der Waals surface area contributed by atoms with Crippen LogP contribution in [0.25, 0.3) is 10.4 Å². The van der Waals surface area contributed by atoms with Crippen LogP contribution in [0, 0.1) is 6.92 Å². The second-order valence-electron chi connectivity index (χ2n) is 5.04. The van der Waals surface area contributed by atoms with Gasteiger partial charge in [0.25, 0.3) is 0 Å². The van der Waals surface area contributed by atoms with Crippen molar-refractivity contribution in [1.82, 2.24) is 10.3 Å². The van der Waals surface area contributed by atoms with Crippen molar-refractivity contribution in [3.8, 4) is 10.4 Å². The molecule has 1 aromatic carbocycles. The maximum atomic E-state index is 11.9. The van der Waals surface area contributed by atoms with E-state index in [2.05, 4.69) is 15.6 Å². The summed E-state index contributed by atoms with van der Waals surface area (Å²) in [5, 5.41) is 6.04. The molecule has 0 saturated heterocycles. The first-order valence-electron chi connectivity index (χ1n) is 6.86. The molecule has 2 N–H and O–H groups in total. The zero-order valence-corrected chi connectivity index (χ0v) is 14.4. The van der Waals surface area contributed by atoms with Gasteiger partial charge in [0.15, 0.2) is 5.13 Å². The fraction of sp³-hybridized carbons (Fsp3) is 0.333. The fourth-order valence-electron chi connectivity index (χ4n) is 2.06. The number of hydrogen-bond acceptors (Lipinski definition) is 4. The minimum absolute atomic E-state index is 0.152. The summed E-state index contributed by atoms with van der Waals surface area (Å²) in [6.07, 6.45) is 1.62. The van der Waals surface area contributed by atoms with Crippen LogP contribution >= 0.6 is 11.3 Å². The van der Waals surface area contributed by atoms with Gasteiger partial charge in [0.05, 0.1) is 10.6 Å². The van der Waals surface area contributed by atoms with E-state index in [0.29, 0.717) is 10.9 Å². The molecule has 0 aliphatic heterocycles. The Morgan fingerprint density at radius 2 is 2.05 bits per heavy atom. The summed E-state index contributed by atoms with van der Waals surface area (Å²) in [6, 6.07) is 9.46. The lowest BCUT2D eigenvalue weighted by Crippen LogP contribution is -2.39. The normalized spacial score (nSPS) is 13.4. The van der Waals surface area contributed by atoms with Crippen molar-refractivity contribution in [2.24, 2.45) is 0 Å². The molecule has 0 fully saturated rings. The lowest BCUT2D eigenvalue weighted by Gasteiger charge is -2.11. The molecule has 2 rings (SSSR count). The second-order valence-corrected chi connectivity index (χ2v) is 7.52. The SMILES string of the molecule is Cc1nc(NC(=O)N[C@H](C)C[S@](C)=O)sc1-c1ccccc1. The van der Waals surface area contributed by atoms with Crippen LogP contribution in [0.15, 0.2) is 30.3 Å². The summed E-state index contributed by atoms with van der Waals surface area (Å²) in [4.78, 5) is 17.3. The highest BCUT2D eigenvalue weighted by molar-refractivity contribution is 7.84. The van der Waals surface area contributed by atoms with Crippen LogP contribution in [0.3, 0.4) is 0 Å². The van der Waals surface area contributed by atoms with Crippen LogP contribution in [0.1, 0.15) is 12.6 Å². The van der Waals surface area contributed by atoms with Crippen molar-refractivity contribution in [2.45, 2.75) is 19.9 Å². The van der Waals surface area contributed by atoms with Gasteiger partial charge in [0.1, 0.15) is 0 Å². The van der Waals surface area contributed by atoms with E-state index in [1.54, 1.807) is 6.26 Å². The third kappa shape index (κ3) is 4.64. The van der Waals surface area contributed by atoms with E-state index in [-0.39, 0.29) is 12.1 Å². The molecular weight excluding hydrogens is 318 g/mol. The van der Waals surface area contributed by atoms with E-state index in [1.807, 2.05) is 44.2 Å². The van der Waals surface area contributed by atoms with Gasteiger partial charge < -0.3 is 5.32 Å². The average molecular weight is 337 g/mol. The summed E-state index contributed by atoms with van der Waals surface area (Å²) in [6.45, 7) is 3.74. The molecule has 0 saturated carbocycles. The number of anilines is 1. The number of urea groups is 1. The molecule has 0 aliphatic carbocycles. The molecule has 2 atom stereocenters. The van der Waals surface area contributed by atoms with E-state index in [4.69, 9.17) is 0 Å². The summed E-state index contributed by atoms with van der Waals surface area (Å²) < 4.78 is 11.1. The molecule has 5 nitrogen and oxygen atoms in total. The van der Waals surface area contributed by atoms with Crippen molar-refractivity contribution in [2.75, 3.05) is 17.3 Å². The van der Waals surface area contributed by atoms with E-state index >= 15 is 0 Å². The maximum absolute atomic E-state index is 11.9. The van der Waals surface area contributed by atoms with Crippen LogP contribution in [0.4, 0.5) is 9.93 Å². The Balaban J connectivity index is 2.02. The third-order valence-electron chi connectivity index (χ3n) is 2.92. The largest absolute Gasteiger partial charge is 0.334 e. The predicted molar refractivity (Wildman–Crippen MR) is 92.8 cm³/mol. The zero-order chi connectivity index (χ0) is 16.1. The Labute approximate surface area is 136 Å². The predicted octanol–water partition coefficient (Wildman–Crippen LogP) is 3.01. The maximum Gasteiger partial charge on any atom is 0.321 e. The van der Waals surface area contributed by atoms with E-state index in [0.717, 1.165) is 16.1 Å². The highest BCUT2D eigenvalue weighted by atomic mass is 32.2. The molecule has 2 amide bonds. The molecule has 0 unspecified atom stereocenters. The molecule has 0 spiro atoms. The third-order valence-corrected chi connectivity index (χ3v) is 5.01. The number of aromatic nitrogens is 1. The Morgan fingerprint density at radius 3 is 2.68 bits per heavy atom. The van der Waals surface area contributed by atoms with Crippen molar-refractivity contribution >= 4 is 33.3 Å². The van der Waals surface area contributed by atoms with Gasteiger partial charge in [-0.1, -0.05) is 41.7 Å². The monoisotopic (exact) mass is 337 g/mol. The second kappa shape index (κ2) is 7.51. The molecular formula is C15H19N3O2S2. The van der Waals surface area contributed by atoms with Gasteiger partial charge in [0, 0.05) is 28.9 Å². The van der Waals surface area contributed by atoms with Crippen LogP contribution in [-0.4, -0.2) is 33.3 Å². The molecule has 0 aliphatic rings. The summed E-state index contributed by atoms with van der Waals surface area (Å²) in [5.74, 6) is 0.430. The number of rotatable bonds is 5. The number of amides is 2. The number of aryl methyl sites for hydroxylation is 1. The number of carbonyl (C=O) groups is 1. The van der Waals surface area contributed by atoms with Gasteiger partial charge in [-0.3, -0.25) is 9.53 Å². The van der Waals surface area contributed by atoms with Gasteiger partial charge in [-0.15, -0.1) is 0 Å². The van der Waals surface area contributed by atoms with Crippen LogP contribution < -0.4 is 10.6 Å². The Kier molecular flexibility index (Phi) is 5.68. The number of thiazole rings is 1. The van der Waals surface area contributed by atoms with Gasteiger partial charge in [-0.05, 0) is 19.4 Å². The number of benzene rings is 1. The topological polar surface area (TPSA) is 71.1 Å². The number of nitrogens with one attached hydrogen (secondary N) is 2. The molecule has 0 bridgehead atoms. The standard InChI is InChI=1S/C15H19N3O2S2/c1-10(9-22(3)20)16-14(19)18-15-17-11(2)13(21-15)12-7-5-4-6-8-12/h4-8,10H,9H2,1-3H3,(H2,16,17,18,19)/t10-,22+/m1/s1.